The number of oxazole rings is 1. The molecular weight excluding hydrogens is 300 g/mol. The number of carbonyl (C=O) groups excluding carboxylic acids is 1. The summed E-state index contributed by atoms with van der Waals surface area (Å²) in [4.78, 5) is 16.5. The Labute approximate surface area is 140 Å². The summed E-state index contributed by atoms with van der Waals surface area (Å²) < 4.78 is 5.76. The van der Waals surface area contributed by atoms with Crippen LogP contribution >= 0.6 is 0 Å². The van der Waals surface area contributed by atoms with Crippen LogP contribution in [0.4, 0.5) is 5.69 Å². The van der Waals surface area contributed by atoms with Crippen molar-refractivity contribution in [1.82, 2.24) is 4.98 Å². The van der Waals surface area contributed by atoms with E-state index in [0.717, 1.165) is 35.2 Å². The van der Waals surface area contributed by atoms with Crippen LogP contribution in [0.25, 0.3) is 22.6 Å². The Bertz CT molecular complexity index is 860. The summed E-state index contributed by atoms with van der Waals surface area (Å²) in [6, 6.07) is 15.3. The first-order valence-electron chi connectivity index (χ1n) is 8.20. The molecule has 120 valence electrons. The maximum absolute atomic E-state index is 12.1. The molecule has 4 nitrogen and oxygen atoms in total. The van der Waals surface area contributed by atoms with E-state index in [4.69, 9.17) is 4.42 Å². The van der Waals surface area contributed by atoms with Crippen LogP contribution in [0.1, 0.15) is 19.3 Å². The SMILES string of the molecule is O=C(C[C@H]1C=CCC1)Nc1ccc(-c2nc3ccccc3o2)cc1. The number of hydrogen-bond acceptors (Lipinski definition) is 3. The third-order valence-corrected chi connectivity index (χ3v) is 4.27. The Morgan fingerprint density at radius 3 is 2.75 bits per heavy atom. The lowest BCUT2D eigenvalue weighted by Gasteiger charge is -2.09. The first-order valence-corrected chi connectivity index (χ1v) is 8.20. The summed E-state index contributed by atoms with van der Waals surface area (Å²) in [5.41, 5.74) is 3.30. The third kappa shape index (κ3) is 3.08. The molecule has 0 aliphatic heterocycles. The van der Waals surface area contributed by atoms with Gasteiger partial charge in [-0.1, -0.05) is 24.3 Å². The summed E-state index contributed by atoms with van der Waals surface area (Å²) in [5, 5.41) is 2.95. The molecule has 1 aliphatic rings. The quantitative estimate of drug-likeness (QED) is 0.704. The molecule has 1 aliphatic carbocycles. The number of rotatable bonds is 4. The zero-order valence-electron chi connectivity index (χ0n) is 13.2. The molecule has 1 atom stereocenters. The van der Waals surface area contributed by atoms with E-state index in [1.807, 2.05) is 48.5 Å². The standard InChI is InChI=1S/C20H18N2O2/c23-19(13-14-5-1-2-6-14)21-16-11-9-15(10-12-16)20-22-17-7-3-4-8-18(17)24-20/h1,3-5,7-12,14H,2,6,13H2,(H,21,23)/t14-/m0/s1. The van der Waals surface area contributed by atoms with Gasteiger partial charge in [-0.2, -0.15) is 0 Å². The van der Waals surface area contributed by atoms with Gasteiger partial charge in [0, 0.05) is 17.7 Å². The van der Waals surface area contributed by atoms with E-state index in [-0.39, 0.29) is 5.91 Å². The Hall–Kier alpha value is -2.88. The number of allylic oxidation sites excluding steroid dienone is 2. The van der Waals surface area contributed by atoms with E-state index in [1.54, 1.807) is 0 Å². The van der Waals surface area contributed by atoms with Crippen LogP contribution in [0, 0.1) is 5.92 Å². The Morgan fingerprint density at radius 1 is 1.17 bits per heavy atom. The number of aromatic nitrogens is 1. The van der Waals surface area contributed by atoms with Crippen molar-refractivity contribution in [2.24, 2.45) is 5.92 Å². The van der Waals surface area contributed by atoms with Crippen molar-refractivity contribution in [1.29, 1.82) is 0 Å². The second-order valence-corrected chi connectivity index (χ2v) is 6.08. The molecule has 0 spiro atoms. The number of fused-ring (bicyclic) bond motifs is 1. The Kier molecular flexibility index (Phi) is 3.87. The molecule has 1 heterocycles. The maximum atomic E-state index is 12.1. The molecule has 0 radical (unpaired) electrons. The van der Waals surface area contributed by atoms with Crippen molar-refractivity contribution in [2.45, 2.75) is 19.3 Å². The van der Waals surface area contributed by atoms with Crippen LogP contribution in [-0.4, -0.2) is 10.9 Å². The van der Waals surface area contributed by atoms with Gasteiger partial charge in [0.15, 0.2) is 5.58 Å². The third-order valence-electron chi connectivity index (χ3n) is 4.27. The number of hydrogen-bond donors (Lipinski definition) is 1. The fourth-order valence-electron chi connectivity index (χ4n) is 3.01. The van der Waals surface area contributed by atoms with E-state index in [1.165, 1.54) is 0 Å². The fraction of sp³-hybridized carbons (Fsp3) is 0.200. The van der Waals surface area contributed by atoms with Gasteiger partial charge in [0.1, 0.15) is 5.52 Å². The predicted octanol–water partition coefficient (Wildman–Crippen LogP) is 4.79. The first kappa shape index (κ1) is 14.7. The fourth-order valence-corrected chi connectivity index (χ4v) is 3.01. The van der Waals surface area contributed by atoms with Crippen LogP contribution in [0.5, 0.6) is 0 Å². The highest BCUT2D eigenvalue weighted by Crippen LogP contribution is 2.25. The zero-order chi connectivity index (χ0) is 16.4. The molecule has 1 amide bonds. The van der Waals surface area contributed by atoms with Crippen LogP contribution in [0.3, 0.4) is 0 Å². The van der Waals surface area contributed by atoms with Gasteiger partial charge in [-0.15, -0.1) is 0 Å². The largest absolute Gasteiger partial charge is 0.436 e. The molecule has 3 aromatic rings. The molecule has 0 fully saturated rings. The van der Waals surface area contributed by atoms with Crippen LogP contribution in [-0.2, 0) is 4.79 Å². The summed E-state index contributed by atoms with van der Waals surface area (Å²) in [5.74, 6) is 1.02. The lowest BCUT2D eigenvalue weighted by molar-refractivity contribution is -0.116. The summed E-state index contributed by atoms with van der Waals surface area (Å²) in [6.07, 6.45) is 6.98. The van der Waals surface area contributed by atoms with Crippen molar-refractivity contribution in [2.75, 3.05) is 5.32 Å². The summed E-state index contributed by atoms with van der Waals surface area (Å²) in [7, 11) is 0. The van der Waals surface area contributed by atoms with Crippen LogP contribution in [0.15, 0.2) is 65.1 Å². The second-order valence-electron chi connectivity index (χ2n) is 6.08. The van der Waals surface area contributed by atoms with Gasteiger partial charge in [-0.05, 0) is 55.2 Å². The van der Waals surface area contributed by atoms with Crippen molar-refractivity contribution < 1.29 is 9.21 Å². The van der Waals surface area contributed by atoms with Crippen molar-refractivity contribution >= 4 is 22.7 Å². The minimum Gasteiger partial charge on any atom is -0.436 e. The summed E-state index contributed by atoms with van der Waals surface area (Å²) >= 11 is 0. The number of carbonyl (C=O) groups is 1. The van der Waals surface area contributed by atoms with Gasteiger partial charge >= 0.3 is 0 Å². The van der Waals surface area contributed by atoms with Crippen LogP contribution in [0.2, 0.25) is 0 Å². The Balaban J connectivity index is 1.46. The lowest BCUT2D eigenvalue weighted by Crippen LogP contribution is -2.14. The molecule has 0 saturated carbocycles. The zero-order valence-corrected chi connectivity index (χ0v) is 13.2. The van der Waals surface area contributed by atoms with E-state index in [9.17, 15) is 4.79 Å². The molecule has 24 heavy (non-hydrogen) atoms. The normalized spacial score (nSPS) is 16.6. The number of anilines is 1. The second kappa shape index (κ2) is 6.32. The highest BCUT2D eigenvalue weighted by Gasteiger charge is 2.14. The topological polar surface area (TPSA) is 55.1 Å². The smallest absolute Gasteiger partial charge is 0.227 e. The lowest BCUT2D eigenvalue weighted by atomic mass is 10.0. The average Bonchev–Trinajstić information content (AvgIpc) is 3.24. The van der Waals surface area contributed by atoms with Crippen molar-refractivity contribution in [3.63, 3.8) is 0 Å². The van der Waals surface area contributed by atoms with Gasteiger partial charge < -0.3 is 9.73 Å². The molecule has 4 heteroatoms. The number of para-hydroxylation sites is 2. The number of benzene rings is 2. The average molecular weight is 318 g/mol. The Morgan fingerprint density at radius 2 is 2.00 bits per heavy atom. The summed E-state index contributed by atoms with van der Waals surface area (Å²) in [6.45, 7) is 0. The van der Waals surface area contributed by atoms with E-state index >= 15 is 0 Å². The van der Waals surface area contributed by atoms with Crippen LogP contribution < -0.4 is 5.32 Å². The molecule has 0 unspecified atom stereocenters. The minimum absolute atomic E-state index is 0.0566. The van der Waals surface area contributed by atoms with Crippen molar-refractivity contribution in [3.05, 3.63) is 60.7 Å². The van der Waals surface area contributed by atoms with E-state index in [0.29, 0.717) is 18.2 Å². The molecule has 0 bridgehead atoms. The number of amides is 1. The first-order chi connectivity index (χ1) is 11.8. The highest BCUT2D eigenvalue weighted by atomic mass is 16.3. The highest BCUT2D eigenvalue weighted by molar-refractivity contribution is 5.91. The molecule has 1 N–H and O–H groups in total. The molecular formula is C20H18N2O2. The van der Waals surface area contributed by atoms with Gasteiger partial charge in [-0.25, -0.2) is 4.98 Å². The van der Waals surface area contributed by atoms with E-state index in [2.05, 4.69) is 22.5 Å². The van der Waals surface area contributed by atoms with Gasteiger partial charge in [0.2, 0.25) is 11.8 Å². The molecule has 4 rings (SSSR count). The number of nitrogens with zero attached hydrogens (tertiary/aromatic N) is 1. The predicted molar refractivity (Wildman–Crippen MR) is 94.6 cm³/mol. The molecule has 2 aromatic carbocycles. The van der Waals surface area contributed by atoms with Gasteiger partial charge in [0.25, 0.3) is 0 Å². The number of nitrogens with one attached hydrogen (secondary N) is 1. The monoisotopic (exact) mass is 318 g/mol. The van der Waals surface area contributed by atoms with Gasteiger partial charge in [0.05, 0.1) is 0 Å². The van der Waals surface area contributed by atoms with Crippen molar-refractivity contribution in [3.8, 4) is 11.5 Å². The van der Waals surface area contributed by atoms with Gasteiger partial charge in [-0.3, -0.25) is 4.79 Å². The maximum Gasteiger partial charge on any atom is 0.227 e. The minimum atomic E-state index is 0.0566. The van der Waals surface area contributed by atoms with E-state index < -0.39 is 0 Å². The molecule has 0 saturated heterocycles. The molecule has 1 aromatic heterocycles.